The lowest BCUT2D eigenvalue weighted by Crippen LogP contribution is -2.09. The summed E-state index contributed by atoms with van der Waals surface area (Å²) in [6.45, 7) is 0. The normalized spacial score (nSPS) is 13.4. The maximum absolute atomic E-state index is 9.55. The molecule has 1 heterocycles. The van der Waals surface area contributed by atoms with Gasteiger partial charge in [0.2, 0.25) is 0 Å². The predicted molar refractivity (Wildman–Crippen MR) is 229 cm³/mol. The fourth-order valence-electron chi connectivity index (χ4n) is 7.42. The summed E-state index contributed by atoms with van der Waals surface area (Å²) in [5.41, 5.74) is 6.07. The Bertz CT molecular complexity index is 3280. The number of anilines is 3. The van der Waals surface area contributed by atoms with Crippen molar-refractivity contribution in [1.82, 2.24) is 4.57 Å². The van der Waals surface area contributed by atoms with E-state index in [4.69, 9.17) is 0 Å². The van der Waals surface area contributed by atoms with Crippen LogP contribution in [0.25, 0.3) is 71.6 Å². The number of benzene rings is 9. The number of hydrogen-bond donors (Lipinski definition) is 0. The zero-order chi connectivity index (χ0) is 42.8. The van der Waals surface area contributed by atoms with E-state index in [0.717, 1.165) is 49.4 Å². The molecule has 0 N–H and O–H groups in total. The van der Waals surface area contributed by atoms with Crippen molar-refractivity contribution < 1.29 is 11.0 Å². The summed E-state index contributed by atoms with van der Waals surface area (Å²) in [6, 6.07) is 51.2. The molecule has 9 aromatic carbocycles. The lowest BCUT2D eigenvalue weighted by atomic mass is 9.98. The van der Waals surface area contributed by atoms with Crippen LogP contribution in [0.15, 0.2) is 218 Å². The van der Waals surface area contributed by atoms with Gasteiger partial charge in [0.05, 0.1) is 27.7 Å². The maximum atomic E-state index is 9.55. The van der Waals surface area contributed by atoms with Gasteiger partial charge in [-0.1, -0.05) is 164 Å². The second-order valence-electron chi connectivity index (χ2n) is 13.1. The first-order chi connectivity index (χ1) is 30.2. The van der Waals surface area contributed by atoms with Gasteiger partial charge in [0.15, 0.2) is 0 Å². The third-order valence-electron chi connectivity index (χ3n) is 9.95. The number of fused-ring (bicyclic) bond motifs is 4. The van der Waals surface area contributed by atoms with Crippen molar-refractivity contribution in [2.24, 2.45) is 0 Å². The first-order valence-corrected chi connectivity index (χ1v) is 17.9. The summed E-state index contributed by atoms with van der Waals surface area (Å²) in [5, 5.41) is 3.92. The molecule has 254 valence electrons. The summed E-state index contributed by atoms with van der Waals surface area (Å²) >= 11 is 0. The van der Waals surface area contributed by atoms with Crippen LogP contribution in [0.1, 0.15) is 11.0 Å². The molecule has 0 fully saturated rings. The van der Waals surface area contributed by atoms with Gasteiger partial charge >= 0.3 is 0 Å². The minimum atomic E-state index is -0.390. The number of nitrogens with zero attached hydrogens (tertiary/aromatic N) is 2. The van der Waals surface area contributed by atoms with E-state index in [9.17, 15) is 11.0 Å². The van der Waals surface area contributed by atoms with E-state index in [1.54, 1.807) is 42.5 Å². The molecule has 0 saturated heterocycles. The minimum absolute atomic E-state index is 0.118. The summed E-state index contributed by atoms with van der Waals surface area (Å²) in [7, 11) is 0. The van der Waals surface area contributed by atoms with E-state index in [0.29, 0.717) is 16.8 Å². The van der Waals surface area contributed by atoms with Crippen molar-refractivity contribution in [2.45, 2.75) is 0 Å². The molecule has 10 aromatic rings. The molecular formula is C52H36N2. The van der Waals surface area contributed by atoms with Crippen LogP contribution in [0, 0.1) is 0 Å². The molecule has 0 saturated carbocycles. The van der Waals surface area contributed by atoms with Crippen LogP contribution in [-0.2, 0) is 0 Å². The molecule has 0 bridgehead atoms. The molecule has 2 nitrogen and oxygen atoms in total. The first kappa shape index (κ1) is 24.2. The van der Waals surface area contributed by atoms with Crippen LogP contribution in [0.3, 0.4) is 0 Å². The van der Waals surface area contributed by atoms with Crippen LogP contribution in [-0.4, -0.2) is 4.57 Å². The van der Waals surface area contributed by atoms with E-state index in [1.165, 1.54) is 4.90 Å². The average Bonchev–Trinajstić information content (AvgIpc) is 3.65. The summed E-state index contributed by atoms with van der Waals surface area (Å²) in [5.74, 6) is 0. The van der Waals surface area contributed by atoms with Gasteiger partial charge in [-0.05, 0) is 93.1 Å². The third-order valence-corrected chi connectivity index (χ3v) is 9.95. The topological polar surface area (TPSA) is 8.17 Å². The zero-order valence-electron chi connectivity index (χ0n) is 37.1. The van der Waals surface area contributed by atoms with Crippen LogP contribution >= 0.6 is 0 Å². The third kappa shape index (κ3) is 5.53. The van der Waals surface area contributed by atoms with Crippen molar-refractivity contribution in [3.63, 3.8) is 0 Å². The number of hydrogen-bond acceptors (Lipinski definition) is 1. The Morgan fingerprint density at radius 2 is 0.852 bits per heavy atom. The monoisotopic (exact) mass is 696 g/mol. The van der Waals surface area contributed by atoms with Gasteiger partial charge in [0, 0.05) is 33.4 Å². The SMILES string of the molecule is [2H]c1c([2H])c(N(c2ccc(-c3ccccc3-n3c4ccccc4c4ccccc43)cc2)c2c([2H])c([2H])c(-c3cccc4ccccc34)c([2H])c2[2H])c([2H])c([2H])c1-c1ccccc1. The summed E-state index contributed by atoms with van der Waals surface area (Å²) < 4.78 is 77.5. The smallest absolute Gasteiger partial charge is 0.0645 e. The van der Waals surface area contributed by atoms with E-state index < -0.39 is 12.1 Å². The fraction of sp³-hybridized carbons (Fsp3) is 0. The number of para-hydroxylation sites is 3. The van der Waals surface area contributed by atoms with Crippen molar-refractivity contribution >= 4 is 49.6 Å². The van der Waals surface area contributed by atoms with Gasteiger partial charge in [-0.3, -0.25) is 0 Å². The van der Waals surface area contributed by atoms with E-state index in [1.807, 2.05) is 97.1 Å². The Balaban J connectivity index is 1.19. The van der Waals surface area contributed by atoms with Crippen LogP contribution in [0.2, 0.25) is 0 Å². The van der Waals surface area contributed by atoms with Crippen molar-refractivity contribution in [3.8, 4) is 39.1 Å². The summed E-state index contributed by atoms with van der Waals surface area (Å²) in [6.07, 6.45) is 0. The summed E-state index contributed by atoms with van der Waals surface area (Å²) in [4.78, 5) is 1.35. The highest BCUT2D eigenvalue weighted by Crippen LogP contribution is 2.40. The maximum Gasteiger partial charge on any atom is 0.0645 e. The highest BCUT2D eigenvalue weighted by Gasteiger charge is 2.17. The molecule has 0 aliphatic heterocycles. The molecule has 54 heavy (non-hydrogen) atoms. The van der Waals surface area contributed by atoms with Crippen LogP contribution in [0.5, 0.6) is 0 Å². The molecule has 0 spiro atoms. The van der Waals surface area contributed by atoms with Gasteiger partial charge in [0.25, 0.3) is 0 Å². The van der Waals surface area contributed by atoms with Gasteiger partial charge < -0.3 is 9.47 Å². The van der Waals surface area contributed by atoms with Crippen molar-refractivity contribution in [2.75, 3.05) is 4.90 Å². The Kier molecular flexibility index (Phi) is 6.01. The highest BCUT2D eigenvalue weighted by atomic mass is 15.1. The second-order valence-corrected chi connectivity index (χ2v) is 13.1. The Morgan fingerprint density at radius 3 is 1.54 bits per heavy atom. The Labute approximate surface area is 326 Å². The van der Waals surface area contributed by atoms with Crippen LogP contribution < -0.4 is 4.90 Å². The quantitative estimate of drug-likeness (QED) is 0.161. The molecule has 10 rings (SSSR count). The van der Waals surface area contributed by atoms with E-state index in [2.05, 4.69) is 34.9 Å². The number of rotatable bonds is 7. The predicted octanol–water partition coefficient (Wildman–Crippen LogP) is 14.4. The first-order valence-electron chi connectivity index (χ1n) is 21.9. The van der Waals surface area contributed by atoms with Crippen molar-refractivity contribution in [1.29, 1.82) is 0 Å². The molecule has 0 aliphatic rings. The van der Waals surface area contributed by atoms with Gasteiger partial charge in [-0.25, -0.2) is 0 Å². The lowest BCUT2D eigenvalue weighted by molar-refractivity contribution is 1.18. The standard InChI is InChI=1S/C52H36N2/c1-2-13-37(14-3-1)38-25-31-42(32-26-38)53(43-33-27-40(28-34-43)46-21-12-16-39-15-4-5-17-45(39)46)44-35-29-41(30-36-44)47-18-6-9-22-50(47)54-51-23-10-7-19-48(51)49-20-8-11-24-52(49)54/h1-36H/i25D,26D,27D,28D,31D,32D,33D,34D. The fourth-order valence-corrected chi connectivity index (χ4v) is 7.42. The van der Waals surface area contributed by atoms with E-state index in [-0.39, 0.29) is 58.8 Å². The molecule has 2 heteroatoms. The average molecular weight is 697 g/mol. The highest BCUT2D eigenvalue weighted by molar-refractivity contribution is 6.09. The zero-order valence-corrected chi connectivity index (χ0v) is 29.1. The lowest BCUT2D eigenvalue weighted by Gasteiger charge is -2.26. The Morgan fingerprint density at radius 1 is 0.333 bits per heavy atom. The van der Waals surface area contributed by atoms with Gasteiger partial charge in [-0.2, -0.15) is 0 Å². The molecule has 0 atom stereocenters. The van der Waals surface area contributed by atoms with E-state index >= 15 is 0 Å². The second kappa shape index (κ2) is 13.4. The van der Waals surface area contributed by atoms with Crippen molar-refractivity contribution in [3.05, 3.63) is 218 Å². The van der Waals surface area contributed by atoms with Gasteiger partial charge in [0.1, 0.15) is 0 Å². The van der Waals surface area contributed by atoms with Gasteiger partial charge in [-0.15, -0.1) is 0 Å². The minimum Gasteiger partial charge on any atom is -0.311 e. The molecule has 0 unspecified atom stereocenters. The van der Waals surface area contributed by atoms with Crippen LogP contribution in [0.4, 0.5) is 17.1 Å². The molecule has 0 radical (unpaired) electrons. The number of aromatic nitrogens is 1. The molecule has 1 aromatic heterocycles. The molecule has 0 aliphatic carbocycles. The molecule has 0 amide bonds. The largest absolute Gasteiger partial charge is 0.311 e. The molecular weight excluding hydrogens is 653 g/mol. The Hall–Kier alpha value is -7.16.